The summed E-state index contributed by atoms with van der Waals surface area (Å²) < 4.78 is 4.85. The Labute approximate surface area is 131 Å². The van der Waals surface area contributed by atoms with Crippen LogP contribution in [0.3, 0.4) is 0 Å². The van der Waals surface area contributed by atoms with E-state index in [0.717, 1.165) is 5.56 Å². The number of carbonyl (C=O) groups excluding carboxylic acids is 3. The molecule has 0 spiro atoms. The lowest BCUT2D eigenvalue weighted by atomic mass is 9.89. The second kappa shape index (κ2) is 9.13. The Kier molecular flexibility index (Phi) is 7.50. The van der Waals surface area contributed by atoms with Gasteiger partial charge in [-0.2, -0.15) is 0 Å². The molecule has 0 saturated heterocycles. The summed E-state index contributed by atoms with van der Waals surface area (Å²) in [7, 11) is 0. The van der Waals surface area contributed by atoms with Crippen molar-refractivity contribution in [3.8, 4) is 0 Å². The third-order valence-corrected chi connectivity index (χ3v) is 3.54. The molecule has 0 radical (unpaired) electrons. The van der Waals surface area contributed by atoms with Crippen LogP contribution < -0.4 is 0 Å². The van der Waals surface area contributed by atoms with Crippen LogP contribution in [0.2, 0.25) is 0 Å². The van der Waals surface area contributed by atoms with Gasteiger partial charge in [0.05, 0.1) is 12.5 Å². The molecule has 0 aliphatic heterocycles. The maximum Gasteiger partial charge on any atom is 0.305 e. The highest BCUT2D eigenvalue weighted by Gasteiger charge is 2.24. The van der Waals surface area contributed by atoms with Gasteiger partial charge in [0.25, 0.3) is 0 Å². The summed E-state index contributed by atoms with van der Waals surface area (Å²) in [6.07, 6.45) is 2.09. The first-order chi connectivity index (χ1) is 10.5. The normalized spacial score (nSPS) is 11.8. The van der Waals surface area contributed by atoms with Crippen molar-refractivity contribution in [2.75, 3.05) is 6.61 Å². The highest BCUT2D eigenvalue weighted by atomic mass is 16.5. The Morgan fingerprint density at radius 3 is 2.50 bits per heavy atom. The van der Waals surface area contributed by atoms with Gasteiger partial charge in [-0.15, -0.1) is 0 Å². The Morgan fingerprint density at radius 2 is 1.91 bits per heavy atom. The van der Waals surface area contributed by atoms with Crippen molar-refractivity contribution < 1.29 is 19.1 Å². The van der Waals surface area contributed by atoms with E-state index in [1.807, 2.05) is 19.1 Å². The van der Waals surface area contributed by atoms with Crippen molar-refractivity contribution in [1.29, 1.82) is 0 Å². The van der Waals surface area contributed by atoms with Gasteiger partial charge in [-0.3, -0.25) is 14.4 Å². The van der Waals surface area contributed by atoms with Crippen LogP contribution in [0, 0.1) is 12.8 Å². The lowest BCUT2D eigenvalue weighted by Gasteiger charge is -2.13. The summed E-state index contributed by atoms with van der Waals surface area (Å²) in [6.45, 7) is 5.51. The Balaban J connectivity index is 2.57. The average molecular weight is 304 g/mol. The molecule has 0 fully saturated rings. The minimum Gasteiger partial charge on any atom is -0.466 e. The van der Waals surface area contributed by atoms with E-state index in [9.17, 15) is 14.4 Å². The third-order valence-electron chi connectivity index (χ3n) is 3.54. The SMILES string of the molecule is CCOC(=O)CCCCC(C(C)=O)C(=O)c1cccc(C)c1. The van der Waals surface area contributed by atoms with Crippen molar-refractivity contribution in [2.24, 2.45) is 5.92 Å². The predicted molar refractivity (Wildman–Crippen MR) is 84.8 cm³/mol. The van der Waals surface area contributed by atoms with Crippen LogP contribution in [-0.4, -0.2) is 24.1 Å². The van der Waals surface area contributed by atoms with Crippen LogP contribution in [-0.2, 0) is 14.3 Å². The predicted octanol–water partition coefficient (Wildman–Crippen LogP) is 3.51. The minimum absolute atomic E-state index is 0.123. The molecular weight excluding hydrogens is 280 g/mol. The molecule has 22 heavy (non-hydrogen) atoms. The van der Waals surface area contributed by atoms with Crippen LogP contribution in [0.4, 0.5) is 0 Å². The maximum absolute atomic E-state index is 12.5. The monoisotopic (exact) mass is 304 g/mol. The minimum atomic E-state index is -0.621. The number of ether oxygens (including phenoxy) is 1. The fourth-order valence-electron chi connectivity index (χ4n) is 2.37. The zero-order valence-electron chi connectivity index (χ0n) is 13.6. The van der Waals surface area contributed by atoms with E-state index in [-0.39, 0.29) is 17.5 Å². The van der Waals surface area contributed by atoms with Crippen LogP contribution >= 0.6 is 0 Å². The molecule has 0 amide bonds. The van der Waals surface area contributed by atoms with Crippen molar-refractivity contribution in [2.45, 2.75) is 46.5 Å². The number of unbranched alkanes of at least 4 members (excludes halogenated alkanes) is 1. The average Bonchev–Trinajstić information content (AvgIpc) is 2.46. The number of hydrogen-bond donors (Lipinski definition) is 0. The summed E-state index contributed by atoms with van der Waals surface area (Å²) in [5, 5.41) is 0. The second-order valence-corrected chi connectivity index (χ2v) is 5.45. The van der Waals surface area contributed by atoms with Crippen LogP contribution in [0.25, 0.3) is 0 Å². The zero-order valence-corrected chi connectivity index (χ0v) is 13.6. The van der Waals surface area contributed by atoms with Crippen LogP contribution in [0.5, 0.6) is 0 Å². The van der Waals surface area contributed by atoms with Gasteiger partial charge in [0.2, 0.25) is 0 Å². The number of aryl methyl sites for hydroxylation is 1. The van der Waals surface area contributed by atoms with Gasteiger partial charge in [-0.1, -0.05) is 30.2 Å². The van der Waals surface area contributed by atoms with Crippen LogP contribution in [0.1, 0.15) is 55.5 Å². The summed E-state index contributed by atoms with van der Waals surface area (Å²) in [5.41, 5.74) is 1.57. The summed E-state index contributed by atoms with van der Waals surface area (Å²) in [5.74, 6) is -1.11. The zero-order chi connectivity index (χ0) is 16.5. The van der Waals surface area contributed by atoms with E-state index in [0.29, 0.717) is 37.9 Å². The van der Waals surface area contributed by atoms with E-state index in [4.69, 9.17) is 4.74 Å². The van der Waals surface area contributed by atoms with Crippen molar-refractivity contribution in [1.82, 2.24) is 0 Å². The molecule has 1 aromatic rings. The molecule has 1 rings (SSSR count). The number of ketones is 2. The van der Waals surface area contributed by atoms with E-state index in [1.54, 1.807) is 19.1 Å². The first kappa shape index (κ1) is 18.1. The van der Waals surface area contributed by atoms with Gasteiger partial charge in [-0.25, -0.2) is 0 Å². The molecular formula is C18H24O4. The molecule has 0 aromatic heterocycles. The molecule has 0 bridgehead atoms. The smallest absolute Gasteiger partial charge is 0.305 e. The number of esters is 1. The first-order valence-corrected chi connectivity index (χ1v) is 7.72. The quantitative estimate of drug-likeness (QED) is 0.303. The van der Waals surface area contributed by atoms with Crippen molar-refractivity contribution >= 4 is 17.5 Å². The summed E-state index contributed by atoms with van der Waals surface area (Å²) >= 11 is 0. The Bertz CT molecular complexity index is 534. The number of benzene rings is 1. The van der Waals surface area contributed by atoms with Gasteiger partial charge in [0.15, 0.2) is 5.78 Å². The van der Waals surface area contributed by atoms with Gasteiger partial charge in [0.1, 0.15) is 5.78 Å². The van der Waals surface area contributed by atoms with Gasteiger partial charge < -0.3 is 4.74 Å². The molecule has 0 saturated carbocycles. The summed E-state index contributed by atoms with van der Waals surface area (Å²) in [4.78, 5) is 35.5. The third kappa shape index (κ3) is 5.80. The number of Topliss-reactive ketones (excluding diaryl/α,β-unsaturated/α-hetero) is 2. The number of carbonyl (C=O) groups is 3. The van der Waals surface area contributed by atoms with E-state index in [2.05, 4.69) is 0 Å². The van der Waals surface area contributed by atoms with Crippen LogP contribution in [0.15, 0.2) is 24.3 Å². The highest BCUT2D eigenvalue weighted by Crippen LogP contribution is 2.18. The molecule has 1 aromatic carbocycles. The van der Waals surface area contributed by atoms with E-state index < -0.39 is 5.92 Å². The molecule has 4 nitrogen and oxygen atoms in total. The van der Waals surface area contributed by atoms with E-state index in [1.165, 1.54) is 6.92 Å². The Hall–Kier alpha value is -1.97. The number of hydrogen-bond acceptors (Lipinski definition) is 4. The molecule has 1 unspecified atom stereocenters. The molecule has 4 heteroatoms. The largest absolute Gasteiger partial charge is 0.466 e. The second-order valence-electron chi connectivity index (χ2n) is 5.45. The van der Waals surface area contributed by atoms with Gasteiger partial charge >= 0.3 is 5.97 Å². The molecule has 0 aliphatic rings. The topological polar surface area (TPSA) is 60.4 Å². The maximum atomic E-state index is 12.5. The molecule has 0 aliphatic carbocycles. The summed E-state index contributed by atoms with van der Waals surface area (Å²) in [6, 6.07) is 7.28. The van der Waals surface area contributed by atoms with Gasteiger partial charge in [-0.05, 0) is 39.7 Å². The lowest BCUT2D eigenvalue weighted by Crippen LogP contribution is -2.22. The van der Waals surface area contributed by atoms with E-state index >= 15 is 0 Å². The molecule has 0 heterocycles. The highest BCUT2D eigenvalue weighted by molar-refractivity contribution is 6.10. The molecule has 120 valence electrons. The first-order valence-electron chi connectivity index (χ1n) is 7.72. The number of rotatable bonds is 9. The standard InChI is InChI=1S/C18H24O4/c1-4-22-17(20)11-6-5-10-16(14(3)19)18(21)15-9-7-8-13(2)12-15/h7-9,12,16H,4-6,10-11H2,1-3H3. The van der Waals surface area contributed by atoms with Crippen molar-refractivity contribution in [3.63, 3.8) is 0 Å². The van der Waals surface area contributed by atoms with Crippen molar-refractivity contribution in [3.05, 3.63) is 35.4 Å². The molecule has 1 atom stereocenters. The fourth-order valence-corrected chi connectivity index (χ4v) is 2.37. The lowest BCUT2D eigenvalue weighted by molar-refractivity contribution is -0.143. The molecule has 0 N–H and O–H groups in total. The Morgan fingerprint density at radius 1 is 1.18 bits per heavy atom. The fraction of sp³-hybridized carbons (Fsp3) is 0.500. The van der Waals surface area contributed by atoms with Gasteiger partial charge in [0, 0.05) is 12.0 Å².